The topological polar surface area (TPSA) is 66.8 Å². The number of carboxylic acid groups (broad SMARTS) is 1. The van der Waals surface area contributed by atoms with Crippen LogP contribution in [0.4, 0.5) is 0 Å². The van der Waals surface area contributed by atoms with Gasteiger partial charge in [-0.1, -0.05) is 55.8 Å². The molecular formula is C18H20O4. The molecule has 22 heavy (non-hydrogen) atoms. The molecule has 2 aromatic rings. The molecule has 2 aromatic carbocycles. The van der Waals surface area contributed by atoms with Gasteiger partial charge in [0.25, 0.3) is 0 Å². The van der Waals surface area contributed by atoms with Crippen molar-refractivity contribution in [1.29, 1.82) is 0 Å². The van der Waals surface area contributed by atoms with E-state index in [4.69, 9.17) is 4.74 Å². The van der Waals surface area contributed by atoms with Crippen LogP contribution in [-0.4, -0.2) is 22.8 Å². The molecular weight excluding hydrogens is 280 g/mol. The molecule has 0 fully saturated rings. The van der Waals surface area contributed by atoms with Crippen molar-refractivity contribution in [2.75, 3.05) is 6.61 Å². The molecule has 4 nitrogen and oxygen atoms in total. The van der Waals surface area contributed by atoms with Crippen LogP contribution in [0.2, 0.25) is 0 Å². The minimum atomic E-state index is -2.07. The summed E-state index contributed by atoms with van der Waals surface area (Å²) in [6.07, 6.45) is 2.01. The fraction of sp³-hybridized carbons (Fsp3) is 0.278. The summed E-state index contributed by atoms with van der Waals surface area (Å²) < 4.78 is 5.55. The van der Waals surface area contributed by atoms with Gasteiger partial charge in [-0.15, -0.1) is 0 Å². The molecule has 0 bridgehead atoms. The average Bonchev–Trinajstić information content (AvgIpc) is 2.55. The minimum Gasteiger partial charge on any atom is -0.494 e. The van der Waals surface area contributed by atoms with Gasteiger partial charge in [0.15, 0.2) is 0 Å². The summed E-state index contributed by atoms with van der Waals surface area (Å²) >= 11 is 0. The van der Waals surface area contributed by atoms with Gasteiger partial charge in [-0.25, -0.2) is 4.79 Å². The zero-order valence-electron chi connectivity index (χ0n) is 12.5. The van der Waals surface area contributed by atoms with Crippen molar-refractivity contribution in [3.05, 3.63) is 65.7 Å². The molecule has 0 aliphatic rings. The Hall–Kier alpha value is -2.33. The second-order valence-corrected chi connectivity index (χ2v) is 5.11. The Morgan fingerprint density at radius 3 is 2.18 bits per heavy atom. The maximum atomic E-state index is 11.6. The Labute approximate surface area is 130 Å². The first-order valence-electron chi connectivity index (χ1n) is 7.33. The molecule has 0 heterocycles. The first-order valence-corrected chi connectivity index (χ1v) is 7.33. The van der Waals surface area contributed by atoms with Crippen molar-refractivity contribution in [2.45, 2.75) is 25.4 Å². The number of unbranched alkanes of at least 4 members (excludes halogenated alkanes) is 1. The third kappa shape index (κ3) is 3.28. The molecule has 1 atom stereocenters. The number of ether oxygens (including phenoxy) is 1. The first kappa shape index (κ1) is 16.0. The van der Waals surface area contributed by atoms with Crippen LogP contribution in [0, 0.1) is 0 Å². The van der Waals surface area contributed by atoms with Gasteiger partial charge in [0.2, 0.25) is 5.60 Å². The lowest BCUT2D eigenvalue weighted by atomic mass is 9.86. The third-order valence-electron chi connectivity index (χ3n) is 3.54. The van der Waals surface area contributed by atoms with Crippen molar-refractivity contribution in [2.24, 2.45) is 0 Å². The summed E-state index contributed by atoms with van der Waals surface area (Å²) in [6, 6.07) is 14.9. The van der Waals surface area contributed by atoms with Crippen molar-refractivity contribution in [3.8, 4) is 5.75 Å². The Morgan fingerprint density at radius 2 is 1.64 bits per heavy atom. The lowest BCUT2D eigenvalue weighted by molar-refractivity contribution is -0.155. The summed E-state index contributed by atoms with van der Waals surface area (Å²) in [5, 5.41) is 20.2. The summed E-state index contributed by atoms with van der Waals surface area (Å²) in [4.78, 5) is 11.6. The van der Waals surface area contributed by atoms with Crippen LogP contribution >= 0.6 is 0 Å². The van der Waals surface area contributed by atoms with E-state index < -0.39 is 11.6 Å². The predicted molar refractivity (Wildman–Crippen MR) is 83.9 cm³/mol. The summed E-state index contributed by atoms with van der Waals surface area (Å²) in [5.41, 5.74) is -1.44. The molecule has 0 saturated heterocycles. The van der Waals surface area contributed by atoms with E-state index in [0.717, 1.165) is 12.8 Å². The number of benzene rings is 2. The molecule has 0 aromatic heterocycles. The Balaban J connectivity index is 2.28. The monoisotopic (exact) mass is 300 g/mol. The minimum absolute atomic E-state index is 0.300. The van der Waals surface area contributed by atoms with E-state index in [9.17, 15) is 15.0 Å². The standard InChI is InChI=1S/C18H20O4/c1-2-3-13-22-16-11-9-15(10-12-16)18(21,17(19)20)14-7-5-4-6-8-14/h4-12,21H,2-3,13H2,1H3,(H,19,20). The van der Waals surface area contributed by atoms with Gasteiger partial charge in [0.1, 0.15) is 5.75 Å². The number of carbonyl (C=O) groups is 1. The average molecular weight is 300 g/mol. The zero-order valence-corrected chi connectivity index (χ0v) is 12.5. The highest BCUT2D eigenvalue weighted by molar-refractivity contribution is 5.83. The summed E-state index contributed by atoms with van der Waals surface area (Å²) in [6.45, 7) is 2.71. The molecule has 4 heteroatoms. The van der Waals surface area contributed by atoms with Crippen molar-refractivity contribution in [3.63, 3.8) is 0 Å². The van der Waals surface area contributed by atoms with E-state index in [0.29, 0.717) is 23.5 Å². The maximum Gasteiger partial charge on any atom is 0.345 e. The van der Waals surface area contributed by atoms with E-state index in [1.54, 1.807) is 54.6 Å². The third-order valence-corrected chi connectivity index (χ3v) is 3.54. The SMILES string of the molecule is CCCCOc1ccc(C(O)(C(=O)O)c2ccccc2)cc1. The quantitative estimate of drug-likeness (QED) is 0.771. The van der Waals surface area contributed by atoms with Crippen molar-refractivity contribution >= 4 is 5.97 Å². The molecule has 0 aliphatic heterocycles. The smallest absolute Gasteiger partial charge is 0.345 e. The lowest BCUT2D eigenvalue weighted by Gasteiger charge is -2.24. The largest absolute Gasteiger partial charge is 0.494 e. The molecule has 0 radical (unpaired) electrons. The fourth-order valence-electron chi connectivity index (χ4n) is 2.22. The normalized spacial score (nSPS) is 13.4. The van der Waals surface area contributed by atoms with E-state index in [-0.39, 0.29) is 0 Å². The van der Waals surface area contributed by atoms with Crippen LogP contribution in [-0.2, 0) is 10.4 Å². The van der Waals surface area contributed by atoms with Crippen LogP contribution in [0.25, 0.3) is 0 Å². The second kappa shape index (κ2) is 7.09. The summed E-state index contributed by atoms with van der Waals surface area (Å²) in [5.74, 6) is -0.642. The molecule has 0 spiro atoms. The lowest BCUT2D eigenvalue weighted by Crippen LogP contribution is -2.36. The van der Waals surface area contributed by atoms with Crippen LogP contribution in [0.5, 0.6) is 5.75 Å². The Morgan fingerprint density at radius 1 is 1.05 bits per heavy atom. The van der Waals surface area contributed by atoms with Crippen LogP contribution in [0.1, 0.15) is 30.9 Å². The number of aliphatic carboxylic acids is 1. The van der Waals surface area contributed by atoms with Gasteiger partial charge < -0.3 is 14.9 Å². The van der Waals surface area contributed by atoms with Crippen LogP contribution in [0.15, 0.2) is 54.6 Å². The highest BCUT2D eigenvalue weighted by Crippen LogP contribution is 2.31. The van der Waals surface area contributed by atoms with Crippen molar-refractivity contribution in [1.82, 2.24) is 0 Å². The van der Waals surface area contributed by atoms with Crippen molar-refractivity contribution < 1.29 is 19.7 Å². The zero-order chi connectivity index (χ0) is 16.0. The molecule has 116 valence electrons. The Kier molecular flexibility index (Phi) is 5.17. The number of aliphatic hydroxyl groups is 1. The molecule has 0 amide bonds. The highest BCUT2D eigenvalue weighted by Gasteiger charge is 2.39. The van der Waals surface area contributed by atoms with Gasteiger partial charge >= 0.3 is 5.97 Å². The second-order valence-electron chi connectivity index (χ2n) is 5.11. The van der Waals surface area contributed by atoms with E-state index >= 15 is 0 Å². The number of hydrogen-bond donors (Lipinski definition) is 2. The van der Waals surface area contributed by atoms with Gasteiger partial charge in [-0.2, -0.15) is 0 Å². The molecule has 1 unspecified atom stereocenters. The number of rotatable bonds is 7. The maximum absolute atomic E-state index is 11.6. The number of carboxylic acids is 1. The Bertz CT molecular complexity index is 607. The highest BCUT2D eigenvalue weighted by atomic mass is 16.5. The molecule has 2 N–H and O–H groups in total. The molecule has 0 saturated carbocycles. The number of hydrogen-bond acceptors (Lipinski definition) is 3. The van der Waals surface area contributed by atoms with Gasteiger partial charge in [0.05, 0.1) is 6.61 Å². The van der Waals surface area contributed by atoms with E-state index in [2.05, 4.69) is 6.92 Å². The van der Waals surface area contributed by atoms with Gasteiger partial charge in [-0.3, -0.25) is 0 Å². The molecule has 0 aliphatic carbocycles. The summed E-state index contributed by atoms with van der Waals surface area (Å²) in [7, 11) is 0. The van der Waals surface area contributed by atoms with Gasteiger partial charge in [-0.05, 0) is 29.7 Å². The van der Waals surface area contributed by atoms with E-state index in [1.807, 2.05) is 0 Å². The van der Waals surface area contributed by atoms with Crippen LogP contribution in [0.3, 0.4) is 0 Å². The van der Waals surface area contributed by atoms with Gasteiger partial charge in [0, 0.05) is 0 Å². The van der Waals surface area contributed by atoms with E-state index in [1.165, 1.54) is 0 Å². The molecule has 2 rings (SSSR count). The predicted octanol–water partition coefficient (Wildman–Crippen LogP) is 3.19. The van der Waals surface area contributed by atoms with Crippen LogP contribution < -0.4 is 4.74 Å². The fourth-order valence-corrected chi connectivity index (χ4v) is 2.22. The first-order chi connectivity index (χ1) is 10.6.